The SMILES string of the molecule is Cl.Cl.OC1(CN2CCN(c3nccs3)CC2)CCCNC1. The van der Waals surface area contributed by atoms with E-state index < -0.39 is 5.60 Å². The number of nitrogens with zero attached hydrogens (tertiary/aromatic N) is 3. The number of nitrogens with one attached hydrogen (secondary N) is 1. The second-order valence-corrected chi connectivity index (χ2v) is 6.46. The molecule has 0 radical (unpaired) electrons. The largest absolute Gasteiger partial charge is 0.387 e. The molecule has 0 aromatic carbocycles. The fourth-order valence-corrected chi connectivity index (χ4v) is 3.67. The van der Waals surface area contributed by atoms with E-state index in [2.05, 4.69) is 20.1 Å². The Morgan fingerprint density at radius 1 is 1.29 bits per heavy atom. The van der Waals surface area contributed by atoms with Crippen LogP contribution in [-0.2, 0) is 0 Å². The van der Waals surface area contributed by atoms with Gasteiger partial charge in [-0.05, 0) is 19.4 Å². The summed E-state index contributed by atoms with van der Waals surface area (Å²) in [7, 11) is 0. The van der Waals surface area contributed by atoms with E-state index in [4.69, 9.17) is 0 Å². The molecule has 2 N–H and O–H groups in total. The smallest absolute Gasteiger partial charge is 0.185 e. The molecule has 0 spiro atoms. The summed E-state index contributed by atoms with van der Waals surface area (Å²) < 4.78 is 0. The Labute approximate surface area is 142 Å². The lowest BCUT2D eigenvalue weighted by Gasteiger charge is -2.41. The van der Waals surface area contributed by atoms with Gasteiger partial charge in [0.05, 0.1) is 5.60 Å². The Morgan fingerprint density at radius 3 is 2.62 bits per heavy atom. The van der Waals surface area contributed by atoms with Gasteiger partial charge in [0, 0.05) is 50.8 Å². The van der Waals surface area contributed by atoms with Crippen LogP contribution in [0.4, 0.5) is 5.13 Å². The van der Waals surface area contributed by atoms with Gasteiger partial charge < -0.3 is 15.3 Å². The van der Waals surface area contributed by atoms with Gasteiger partial charge in [0.2, 0.25) is 0 Å². The minimum absolute atomic E-state index is 0. The number of piperazine rings is 1. The van der Waals surface area contributed by atoms with Crippen LogP contribution in [0.3, 0.4) is 0 Å². The molecule has 0 amide bonds. The maximum absolute atomic E-state index is 10.5. The van der Waals surface area contributed by atoms with Gasteiger partial charge in [0.1, 0.15) is 0 Å². The van der Waals surface area contributed by atoms with E-state index in [1.165, 1.54) is 0 Å². The van der Waals surface area contributed by atoms with Crippen molar-refractivity contribution in [3.63, 3.8) is 0 Å². The zero-order valence-corrected chi connectivity index (χ0v) is 14.5. The van der Waals surface area contributed by atoms with Gasteiger partial charge in [-0.3, -0.25) is 4.90 Å². The lowest BCUT2D eigenvalue weighted by Crippen LogP contribution is -2.56. The Bertz CT molecular complexity index is 393. The third kappa shape index (κ3) is 4.94. The molecule has 2 fully saturated rings. The molecule has 2 saturated heterocycles. The number of thiazole rings is 1. The van der Waals surface area contributed by atoms with E-state index in [0.717, 1.165) is 63.8 Å². The summed E-state index contributed by atoms with van der Waals surface area (Å²) in [6.45, 7) is 6.63. The van der Waals surface area contributed by atoms with Crippen molar-refractivity contribution < 1.29 is 5.11 Å². The number of hydrogen-bond donors (Lipinski definition) is 2. The highest BCUT2D eigenvalue weighted by Gasteiger charge is 2.32. The Kier molecular flexibility index (Phi) is 7.67. The summed E-state index contributed by atoms with van der Waals surface area (Å²) in [4.78, 5) is 9.08. The molecule has 1 aromatic rings. The van der Waals surface area contributed by atoms with Crippen LogP contribution >= 0.6 is 36.2 Å². The van der Waals surface area contributed by atoms with E-state index >= 15 is 0 Å². The Balaban J connectivity index is 0.00000110. The highest BCUT2D eigenvalue weighted by Crippen LogP contribution is 2.21. The van der Waals surface area contributed by atoms with Crippen LogP contribution in [0.1, 0.15) is 12.8 Å². The number of aliphatic hydroxyl groups is 1. The highest BCUT2D eigenvalue weighted by molar-refractivity contribution is 7.13. The first-order valence-electron chi connectivity index (χ1n) is 7.05. The maximum atomic E-state index is 10.5. The number of anilines is 1. The van der Waals surface area contributed by atoms with E-state index in [1.54, 1.807) is 11.3 Å². The van der Waals surface area contributed by atoms with Gasteiger partial charge in [-0.2, -0.15) is 0 Å². The van der Waals surface area contributed by atoms with E-state index in [-0.39, 0.29) is 24.8 Å². The third-order valence-electron chi connectivity index (χ3n) is 4.03. The average molecular weight is 355 g/mol. The number of halogens is 2. The lowest BCUT2D eigenvalue weighted by molar-refractivity contribution is -0.0164. The third-order valence-corrected chi connectivity index (χ3v) is 4.86. The van der Waals surface area contributed by atoms with Crippen molar-refractivity contribution in [2.75, 3.05) is 50.7 Å². The van der Waals surface area contributed by atoms with Crippen LogP contribution in [0.5, 0.6) is 0 Å². The molecule has 1 atom stereocenters. The zero-order valence-electron chi connectivity index (χ0n) is 12.0. The molecular weight excluding hydrogens is 331 g/mol. The van der Waals surface area contributed by atoms with Crippen LogP contribution < -0.4 is 10.2 Å². The molecule has 1 aromatic heterocycles. The van der Waals surface area contributed by atoms with Crippen molar-refractivity contribution >= 4 is 41.3 Å². The monoisotopic (exact) mass is 354 g/mol. The average Bonchev–Trinajstić information content (AvgIpc) is 2.94. The molecule has 122 valence electrons. The first-order chi connectivity index (χ1) is 9.25. The van der Waals surface area contributed by atoms with E-state index in [9.17, 15) is 5.11 Å². The highest BCUT2D eigenvalue weighted by atomic mass is 35.5. The van der Waals surface area contributed by atoms with E-state index in [0.29, 0.717) is 0 Å². The normalized spacial score (nSPS) is 26.8. The molecule has 1 unspecified atom stereocenters. The maximum Gasteiger partial charge on any atom is 0.185 e. The number of rotatable bonds is 3. The molecule has 0 saturated carbocycles. The minimum Gasteiger partial charge on any atom is -0.387 e. The van der Waals surface area contributed by atoms with Gasteiger partial charge in [-0.15, -0.1) is 36.2 Å². The minimum atomic E-state index is -0.526. The van der Waals surface area contributed by atoms with Gasteiger partial charge >= 0.3 is 0 Å². The number of aromatic nitrogens is 1. The molecule has 3 heterocycles. The summed E-state index contributed by atoms with van der Waals surface area (Å²) >= 11 is 1.70. The molecule has 0 bridgehead atoms. The number of piperidine rings is 1. The predicted octanol–water partition coefficient (Wildman–Crippen LogP) is 1.22. The molecule has 8 heteroatoms. The fraction of sp³-hybridized carbons (Fsp3) is 0.769. The molecule has 0 aliphatic carbocycles. The molecular formula is C13H24Cl2N4OS. The van der Waals surface area contributed by atoms with Gasteiger partial charge in [0.15, 0.2) is 5.13 Å². The van der Waals surface area contributed by atoms with Gasteiger partial charge in [-0.1, -0.05) is 0 Å². The van der Waals surface area contributed by atoms with Crippen LogP contribution in [0.2, 0.25) is 0 Å². The quantitative estimate of drug-likeness (QED) is 0.854. The molecule has 3 rings (SSSR count). The second-order valence-electron chi connectivity index (χ2n) is 5.58. The van der Waals surface area contributed by atoms with Crippen molar-refractivity contribution in [3.8, 4) is 0 Å². The molecule has 21 heavy (non-hydrogen) atoms. The second kappa shape index (κ2) is 8.50. The topological polar surface area (TPSA) is 51.6 Å². The van der Waals surface area contributed by atoms with Crippen molar-refractivity contribution in [1.29, 1.82) is 0 Å². The van der Waals surface area contributed by atoms with Crippen molar-refractivity contribution in [3.05, 3.63) is 11.6 Å². The van der Waals surface area contributed by atoms with Crippen LogP contribution in [0.25, 0.3) is 0 Å². The van der Waals surface area contributed by atoms with Gasteiger partial charge in [0.25, 0.3) is 0 Å². The molecule has 2 aliphatic rings. The Hall–Kier alpha value is -0.110. The molecule has 2 aliphatic heterocycles. The summed E-state index contributed by atoms with van der Waals surface area (Å²) in [5, 5.41) is 17.0. The summed E-state index contributed by atoms with van der Waals surface area (Å²) in [5.41, 5.74) is -0.526. The van der Waals surface area contributed by atoms with E-state index in [1.807, 2.05) is 11.6 Å². The summed E-state index contributed by atoms with van der Waals surface area (Å²) in [5.74, 6) is 0. The van der Waals surface area contributed by atoms with Crippen molar-refractivity contribution in [2.45, 2.75) is 18.4 Å². The molecule has 5 nitrogen and oxygen atoms in total. The first kappa shape index (κ1) is 18.9. The van der Waals surface area contributed by atoms with Crippen LogP contribution in [0.15, 0.2) is 11.6 Å². The summed E-state index contributed by atoms with van der Waals surface area (Å²) in [6.07, 6.45) is 3.87. The number of β-amino-alcohol motifs (C(OH)–C–C–N with tert-alkyl or cyclic N) is 1. The predicted molar refractivity (Wildman–Crippen MR) is 92.3 cm³/mol. The lowest BCUT2D eigenvalue weighted by atomic mass is 9.93. The first-order valence-corrected chi connectivity index (χ1v) is 7.93. The van der Waals surface area contributed by atoms with Crippen LogP contribution in [-0.4, -0.2) is 66.4 Å². The fourth-order valence-electron chi connectivity index (χ4n) is 2.97. The summed E-state index contributed by atoms with van der Waals surface area (Å²) in [6, 6.07) is 0. The van der Waals surface area contributed by atoms with Crippen molar-refractivity contribution in [1.82, 2.24) is 15.2 Å². The van der Waals surface area contributed by atoms with Crippen molar-refractivity contribution in [2.24, 2.45) is 0 Å². The zero-order chi connectivity index (χ0) is 13.1. The Morgan fingerprint density at radius 2 is 2.05 bits per heavy atom. The standard InChI is InChI=1S/C13H22N4OS.2ClH/c18-13(2-1-3-14-10-13)11-16-5-7-17(8-6-16)12-15-4-9-19-12;;/h4,9,14,18H,1-3,5-8,10-11H2;2*1H. The van der Waals surface area contributed by atoms with Gasteiger partial charge in [-0.25, -0.2) is 4.98 Å². The van der Waals surface area contributed by atoms with Crippen LogP contribution in [0, 0.1) is 0 Å². The number of hydrogen-bond acceptors (Lipinski definition) is 6.